The summed E-state index contributed by atoms with van der Waals surface area (Å²) in [4.78, 5) is 22.7. The molecular weight excluding hydrogens is 261 g/mol. The van der Waals surface area contributed by atoms with E-state index >= 15 is 0 Å². The van der Waals surface area contributed by atoms with Crippen molar-refractivity contribution < 1.29 is 19.1 Å². The molecule has 0 saturated heterocycles. The van der Waals surface area contributed by atoms with E-state index in [0.29, 0.717) is 0 Å². The molecule has 0 aliphatic carbocycles. The van der Waals surface area contributed by atoms with Gasteiger partial charge in [0.2, 0.25) is 5.91 Å². The van der Waals surface area contributed by atoms with E-state index in [2.05, 4.69) is 5.32 Å². The van der Waals surface area contributed by atoms with Gasteiger partial charge in [-0.2, -0.15) is 0 Å². The van der Waals surface area contributed by atoms with Crippen LogP contribution in [0.1, 0.15) is 44.5 Å². The lowest BCUT2D eigenvalue weighted by Gasteiger charge is -2.26. The molecule has 0 spiro atoms. The van der Waals surface area contributed by atoms with Crippen LogP contribution in [0.25, 0.3) is 0 Å². The monoisotopic (exact) mass is 281 g/mol. The molecule has 0 aliphatic heterocycles. The number of hydrogen-bond acceptors (Lipinski definition) is 2. The Hall–Kier alpha value is -1.91. The van der Waals surface area contributed by atoms with Gasteiger partial charge in [0.15, 0.2) is 0 Å². The van der Waals surface area contributed by atoms with Crippen LogP contribution < -0.4 is 5.32 Å². The highest BCUT2D eigenvalue weighted by molar-refractivity contribution is 5.94. The van der Waals surface area contributed by atoms with Gasteiger partial charge in [-0.1, -0.05) is 27.7 Å². The quantitative estimate of drug-likeness (QED) is 0.887. The Morgan fingerprint density at radius 1 is 1.35 bits per heavy atom. The molecule has 1 amide bonds. The minimum absolute atomic E-state index is 0.0290. The first-order valence-corrected chi connectivity index (χ1v) is 6.44. The average molecular weight is 281 g/mol. The molecule has 0 fully saturated rings. The van der Waals surface area contributed by atoms with Gasteiger partial charge in [-0.25, -0.2) is 9.18 Å². The molecule has 1 aromatic rings. The second kappa shape index (κ2) is 6.03. The first-order valence-electron chi connectivity index (χ1n) is 6.44. The number of benzene rings is 1. The highest BCUT2D eigenvalue weighted by Gasteiger charge is 2.23. The molecule has 1 unspecified atom stereocenters. The van der Waals surface area contributed by atoms with Crippen LogP contribution in [0.15, 0.2) is 18.2 Å². The number of carboxylic acids is 1. The second-order valence-corrected chi connectivity index (χ2v) is 6.02. The third-order valence-electron chi connectivity index (χ3n) is 3.46. The van der Waals surface area contributed by atoms with Crippen LogP contribution in [0.3, 0.4) is 0 Å². The maximum Gasteiger partial charge on any atom is 0.335 e. The number of anilines is 1. The van der Waals surface area contributed by atoms with Crippen molar-refractivity contribution in [3.05, 3.63) is 29.6 Å². The minimum Gasteiger partial charge on any atom is -0.478 e. The van der Waals surface area contributed by atoms with Crippen molar-refractivity contribution in [1.29, 1.82) is 0 Å². The zero-order chi connectivity index (χ0) is 15.5. The highest BCUT2D eigenvalue weighted by atomic mass is 19.1. The van der Waals surface area contributed by atoms with Crippen molar-refractivity contribution in [3.63, 3.8) is 0 Å². The largest absolute Gasteiger partial charge is 0.478 e. The van der Waals surface area contributed by atoms with Crippen molar-refractivity contribution in [1.82, 2.24) is 0 Å². The summed E-state index contributed by atoms with van der Waals surface area (Å²) in [5.41, 5.74) is -0.194. The zero-order valence-corrected chi connectivity index (χ0v) is 12.2. The molecule has 4 nitrogen and oxygen atoms in total. The lowest BCUT2D eigenvalue weighted by atomic mass is 9.80. The van der Waals surface area contributed by atoms with Crippen LogP contribution in [0.2, 0.25) is 0 Å². The highest BCUT2D eigenvalue weighted by Crippen LogP contribution is 2.28. The van der Waals surface area contributed by atoms with E-state index in [1.54, 1.807) is 0 Å². The third kappa shape index (κ3) is 4.33. The van der Waals surface area contributed by atoms with E-state index in [4.69, 9.17) is 5.11 Å². The van der Waals surface area contributed by atoms with Crippen LogP contribution >= 0.6 is 0 Å². The summed E-state index contributed by atoms with van der Waals surface area (Å²) in [6, 6.07) is 3.31. The first-order chi connectivity index (χ1) is 9.11. The summed E-state index contributed by atoms with van der Waals surface area (Å²) in [7, 11) is 0. The third-order valence-corrected chi connectivity index (χ3v) is 3.46. The summed E-state index contributed by atoms with van der Waals surface area (Å²) in [5.74, 6) is -2.02. The van der Waals surface area contributed by atoms with Gasteiger partial charge in [0.1, 0.15) is 5.82 Å². The van der Waals surface area contributed by atoms with Crippen LogP contribution in [0.5, 0.6) is 0 Å². The van der Waals surface area contributed by atoms with E-state index in [-0.39, 0.29) is 34.9 Å². The molecule has 1 rings (SSSR count). The van der Waals surface area contributed by atoms with Gasteiger partial charge in [0.25, 0.3) is 0 Å². The van der Waals surface area contributed by atoms with Gasteiger partial charge >= 0.3 is 5.97 Å². The van der Waals surface area contributed by atoms with Gasteiger partial charge in [-0.15, -0.1) is 0 Å². The topological polar surface area (TPSA) is 66.4 Å². The average Bonchev–Trinajstić information content (AvgIpc) is 2.30. The minimum atomic E-state index is -1.16. The molecule has 0 heterocycles. The summed E-state index contributed by atoms with van der Waals surface area (Å²) < 4.78 is 13.6. The van der Waals surface area contributed by atoms with E-state index in [1.165, 1.54) is 0 Å². The maximum atomic E-state index is 13.6. The van der Waals surface area contributed by atoms with Gasteiger partial charge in [0, 0.05) is 6.42 Å². The van der Waals surface area contributed by atoms with Crippen molar-refractivity contribution >= 4 is 17.6 Å². The first kappa shape index (κ1) is 16.1. The fourth-order valence-corrected chi connectivity index (χ4v) is 1.54. The van der Waals surface area contributed by atoms with Crippen molar-refractivity contribution in [3.8, 4) is 0 Å². The number of amides is 1. The Morgan fingerprint density at radius 3 is 2.45 bits per heavy atom. The lowest BCUT2D eigenvalue weighted by molar-refractivity contribution is -0.117. The van der Waals surface area contributed by atoms with Crippen LogP contribution in [0.4, 0.5) is 10.1 Å². The second-order valence-electron chi connectivity index (χ2n) is 6.02. The molecule has 0 aliphatic rings. The zero-order valence-electron chi connectivity index (χ0n) is 12.2. The molecule has 2 N–H and O–H groups in total. The molecule has 1 atom stereocenters. The SMILES string of the molecule is CC(CC(=O)Nc1cc(C(=O)O)ccc1F)C(C)(C)C. The molecule has 20 heavy (non-hydrogen) atoms. The van der Waals surface area contributed by atoms with Gasteiger partial charge < -0.3 is 10.4 Å². The predicted octanol–water partition coefficient (Wildman–Crippen LogP) is 3.53. The Labute approximate surface area is 118 Å². The van der Waals surface area contributed by atoms with Crippen molar-refractivity contribution in [2.24, 2.45) is 11.3 Å². The molecule has 1 aromatic carbocycles. The molecule has 0 bridgehead atoms. The van der Waals surface area contributed by atoms with Crippen molar-refractivity contribution in [2.75, 3.05) is 5.32 Å². The molecule has 0 radical (unpaired) electrons. The Morgan fingerprint density at radius 2 is 1.95 bits per heavy atom. The van der Waals surface area contributed by atoms with E-state index < -0.39 is 11.8 Å². The number of carboxylic acid groups (broad SMARTS) is 1. The number of carbonyl (C=O) groups is 2. The number of nitrogens with one attached hydrogen (secondary N) is 1. The maximum absolute atomic E-state index is 13.6. The Kier molecular flexibility index (Phi) is 4.87. The van der Waals surface area contributed by atoms with Gasteiger partial charge in [-0.3, -0.25) is 4.79 Å². The van der Waals surface area contributed by atoms with E-state index in [1.807, 2.05) is 27.7 Å². The molecule has 0 saturated carbocycles. The van der Waals surface area contributed by atoms with Gasteiger partial charge in [-0.05, 0) is 29.5 Å². The van der Waals surface area contributed by atoms with Crippen LogP contribution in [-0.2, 0) is 4.79 Å². The van der Waals surface area contributed by atoms with E-state index in [0.717, 1.165) is 18.2 Å². The molecule has 0 aromatic heterocycles. The standard InChI is InChI=1S/C15H20FNO3/c1-9(15(2,3)4)7-13(18)17-12-8-10(14(19)20)5-6-11(12)16/h5-6,8-9H,7H2,1-4H3,(H,17,18)(H,19,20). The number of aromatic carboxylic acids is 1. The summed E-state index contributed by atoms with van der Waals surface area (Å²) in [5, 5.41) is 11.3. The summed E-state index contributed by atoms with van der Waals surface area (Å²) in [6.45, 7) is 8.02. The van der Waals surface area contributed by atoms with E-state index in [9.17, 15) is 14.0 Å². The van der Waals surface area contributed by atoms with Crippen LogP contribution in [-0.4, -0.2) is 17.0 Å². The molecule has 110 valence electrons. The molecule has 5 heteroatoms. The predicted molar refractivity (Wildman–Crippen MR) is 75.2 cm³/mol. The summed E-state index contributed by atoms with van der Waals surface area (Å²) in [6.07, 6.45) is 0.250. The fourth-order valence-electron chi connectivity index (χ4n) is 1.54. The van der Waals surface area contributed by atoms with Gasteiger partial charge in [0.05, 0.1) is 11.3 Å². The smallest absolute Gasteiger partial charge is 0.335 e. The Bertz CT molecular complexity index is 520. The Balaban J connectivity index is 2.80. The lowest BCUT2D eigenvalue weighted by Crippen LogP contribution is -2.24. The summed E-state index contributed by atoms with van der Waals surface area (Å²) >= 11 is 0. The number of hydrogen-bond donors (Lipinski definition) is 2. The molecular formula is C15H20FNO3. The number of carbonyl (C=O) groups excluding carboxylic acids is 1. The normalized spacial score (nSPS) is 12.8. The fraction of sp³-hybridized carbons (Fsp3) is 0.467. The van der Waals surface area contributed by atoms with Crippen molar-refractivity contribution in [2.45, 2.75) is 34.1 Å². The number of halogens is 1. The number of rotatable bonds is 4. The van der Waals surface area contributed by atoms with Crippen LogP contribution in [0, 0.1) is 17.2 Å².